The average Bonchev–Trinajstić information content (AvgIpc) is 3.35. The van der Waals surface area contributed by atoms with Gasteiger partial charge in [-0.15, -0.1) is 0 Å². The summed E-state index contributed by atoms with van der Waals surface area (Å²) in [7, 11) is 2.28. The Morgan fingerprint density at radius 2 is 1.90 bits per heavy atom. The predicted octanol–water partition coefficient (Wildman–Crippen LogP) is 3.23. The molecule has 0 saturated heterocycles. The van der Waals surface area contributed by atoms with Crippen molar-refractivity contribution < 1.29 is 36.8 Å². The van der Waals surface area contributed by atoms with Crippen LogP contribution in [0.3, 0.4) is 0 Å². The lowest BCUT2D eigenvalue weighted by Crippen LogP contribution is -2.16. The number of hydrogen-bond donors (Lipinski definition) is 0. The van der Waals surface area contributed by atoms with Crippen LogP contribution in [-0.2, 0) is 22.2 Å². The number of halogens is 4. The lowest BCUT2D eigenvalue weighted by Gasteiger charge is -2.10. The number of carbonyl (C=O) groups excluding carboxylic acids is 2. The molecule has 0 aliphatic rings. The normalized spacial score (nSPS) is 11.4. The number of methoxy groups -OCH3 is 2. The van der Waals surface area contributed by atoms with E-state index < -0.39 is 24.0 Å². The molecule has 0 radical (unpaired) electrons. The van der Waals surface area contributed by atoms with Gasteiger partial charge in [0.05, 0.1) is 27.1 Å². The summed E-state index contributed by atoms with van der Waals surface area (Å²) in [6, 6.07) is 4.28. The number of carbonyl (C=O) groups is 2. The van der Waals surface area contributed by atoms with E-state index in [1.807, 2.05) is 0 Å². The molecule has 0 N–H and O–H groups in total. The maximum Gasteiger partial charge on any atom is 0.471 e. The van der Waals surface area contributed by atoms with Gasteiger partial charge in [-0.1, -0.05) is 28.9 Å². The third-order valence-electron chi connectivity index (χ3n) is 3.92. The molecule has 3 rings (SSSR count). The van der Waals surface area contributed by atoms with Gasteiger partial charge >= 0.3 is 24.0 Å². The minimum atomic E-state index is -4.77. The van der Waals surface area contributed by atoms with Gasteiger partial charge in [-0.2, -0.15) is 18.2 Å². The zero-order chi connectivity index (χ0) is 22.1. The minimum Gasteiger partial charge on any atom is -0.464 e. The Labute approximate surface area is 171 Å². The van der Waals surface area contributed by atoms with Gasteiger partial charge in [0, 0.05) is 10.6 Å². The zero-order valence-corrected chi connectivity index (χ0v) is 16.1. The Bertz CT molecular complexity index is 1110. The van der Waals surface area contributed by atoms with Crippen LogP contribution in [0.5, 0.6) is 0 Å². The average molecular weight is 445 g/mol. The number of aromatic nitrogens is 4. The Balaban J connectivity index is 1.92. The highest BCUT2D eigenvalue weighted by molar-refractivity contribution is 6.31. The molecule has 0 saturated carbocycles. The molecule has 0 spiro atoms. The van der Waals surface area contributed by atoms with E-state index in [-0.39, 0.29) is 34.3 Å². The van der Waals surface area contributed by atoms with Crippen LogP contribution < -0.4 is 0 Å². The number of alkyl halides is 3. The van der Waals surface area contributed by atoms with Crippen molar-refractivity contribution in [3.63, 3.8) is 0 Å². The molecule has 0 aliphatic heterocycles. The smallest absolute Gasteiger partial charge is 0.464 e. The first-order valence-corrected chi connectivity index (χ1v) is 8.45. The highest BCUT2D eigenvalue weighted by Gasteiger charge is 2.38. The number of hydrogen-bond acceptors (Lipinski definition) is 8. The molecule has 0 atom stereocenters. The second-order valence-corrected chi connectivity index (χ2v) is 6.19. The van der Waals surface area contributed by atoms with Crippen LogP contribution in [-0.4, -0.2) is 45.8 Å². The fraction of sp³-hybridized carbons (Fsp3) is 0.235. The second-order valence-electron chi connectivity index (χ2n) is 5.78. The quantitative estimate of drug-likeness (QED) is 0.552. The summed E-state index contributed by atoms with van der Waals surface area (Å²) in [6.07, 6.45) is -3.53. The van der Waals surface area contributed by atoms with E-state index in [1.165, 1.54) is 29.1 Å². The molecule has 30 heavy (non-hydrogen) atoms. The summed E-state index contributed by atoms with van der Waals surface area (Å²) in [5.74, 6) is -3.41. The van der Waals surface area contributed by atoms with Crippen LogP contribution >= 0.6 is 11.6 Å². The van der Waals surface area contributed by atoms with Crippen molar-refractivity contribution in [2.75, 3.05) is 14.2 Å². The lowest BCUT2D eigenvalue weighted by atomic mass is 10.1. The van der Waals surface area contributed by atoms with Crippen LogP contribution in [0.2, 0.25) is 5.02 Å². The molecule has 0 bridgehead atoms. The van der Waals surface area contributed by atoms with Crippen molar-refractivity contribution in [1.29, 1.82) is 0 Å². The van der Waals surface area contributed by atoms with Crippen molar-refractivity contribution >= 4 is 23.5 Å². The molecule has 3 aromatic rings. The SMILES string of the molecule is COC(=O)c1ncn(Cc2ccc(-c3noc(C(F)(F)F)n3)cc2Cl)c1C(=O)OC. The van der Waals surface area contributed by atoms with E-state index in [1.54, 1.807) is 0 Å². The van der Waals surface area contributed by atoms with Crippen LogP contribution in [0.4, 0.5) is 13.2 Å². The summed E-state index contributed by atoms with van der Waals surface area (Å²) in [6.45, 7) is 0.00753. The molecule has 2 heterocycles. The summed E-state index contributed by atoms with van der Waals surface area (Å²) in [4.78, 5) is 31.1. The molecule has 0 aliphatic carbocycles. The zero-order valence-electron chi connectivity index (χ0n) is 15.4. The molecule has 13 heteroatoms. The van der Waals surface area contributed by atoms with Crippen molar-refractivity contribution in [3.8, 4) is 11.4 Å². The highest BCUT2D eigenvalue weighted by atomic mass is 35.5. The molecular formula is C17H12ClF3N4O5. The monoisotopic (exact) mass is 444 g/mol. The predicted molar refractivity (Wildman–Crippen MR) is 93.8 cm³/mol. The molecule has 2 aromatic heterocycles. The van der Waals surface area contributed by atoms with Crippen molar-refractivity contribution in [1.82, 2.24) is 19.7 Å². The first-order chi connectivity index (χ1) is 14.2. The molecular weight excluding hydrogens is 433 g/mol. The first-order valence-electron chi connectivity index (χ1n) is 8.07. The maximum absolute atomic E-state index is 12.6. The standard InChI is InChI=1S/C17H12ClF3N4O5/c1-28-14(26)11-12(15(27)29-2)25(7-22-11)6-9-4-3-8(5-10(9)18)13-23-16(30-24-13)17(19,20)21/h3-5,7H,6H2,1-2H3. The van der Waals surface area contributed by atoms with Crippen molar-refractivity contribution in [2.24, 2.45) is 0 Å². The van der Waals surface area contributed by atoms with Gasteiger partial charge in [-0.05, 0) is 11.6 Å². The Morgan fingerprint density at radius 1 is 1.20 bits per heavy atom. The number of esters is 2. The summed E-state index contributed by atoms with van der Waals surface area (Å²) < 4.78 is 52.7. The van der Waals surface area contributed by atoms with Gasteiger partial charge in [0.25, 0.3) is 0 Å². The van der Waals surface area contributed by atoms with Crippen molar-refractivity contribution in [2.45, 2.75) is 12.7 Å². The number of rotatable bonds is 5. The third kappa shape index (κ3) is 4.13. The fourth-order valence-corrected chi connectivity index (χ4v) is 2.75. The van der Waals surface area contributed by atoms with Crippen LogP contribution in [0, 0.1) is 0 Å². The summed E-state index contributed by atoms with van der Waals surface area (Å²) >= 11 is 6.24. The Kier molecular flexibility index (Phi) is 5.78. The van der Waals surface area contributed by atoms with Gasteiger partial charge in [0.15, 0.2) is 11.4 Å². The molecule has 0 amide bonds. The third-order valence-corrected chi connectivity index (χ3v) is 4.27. The molecule has 9 nitrogen and oxygen atoms in total. The van der Waals surface area contributed by atoms with E-state index in [0.29, 0.717) is 5.56 Å². The Morgan fingerprint density at radius 3 is 2.47 bits per heavy atom. The van der Waals surface area contributed by atoms with Crippen molar-refractivity contribution in [3.05, 3.63) is 52.4 Å². The van der Waals surface area contributed by atoms with Gasteiger partial charge in [-0.3, -0.25) is 0 Å². The number of imidazole rings is 1. The van der Waals surface area contributed by atoms with Crippen LogP contribution in [0.25, 0.3) is 11.4 Å². The van der Waals surface area contributed by atoms with E-state index in [2.05, 4.69) is 29.1 Å². The lowest BCUT2D eigenvalue weighted by molar-refractivity contribution is -0.159. The minimum absolute atomic E-state index is 0.00753. The molecule has 1 aromatic carbocycles. The molecule has 0 unspecified atom stereocenters. The van der Waals surface area contributed by atoms with Crippen LogP contribution in [0.15, 0.2) is 29.0 Å². The van der Waals surface area contributed by atoms with Crippen LogP contribution in [0.1, 0.15) is 32.4 Å². The summed E-state index contributed by atoms with van der Waals surface area (Å²) in [5, 5.41) is 3.44. The van der Waals surface area contributed by atoms with Gasteiger partial charge in [0.2, 0.25) is 5.82 Å². The largest absolute Gasteiger partial charge is 0.471 e. The van der Waals surface area contributed by atoms with Gasteiger partial charge in [-0.25, -0.2) is 14.6 Å². The summed E-state index contributed by atoms with van der Waals surface area (Å²) in [5.41, 5.74) is 0.289. The highest BCUT2D eigenvalue weighted by Crippen LogP contribution is 2.31. The topological polar surface area (TPSA) is 109 Å². The van der Waals surface area contributed by atoms with E-state index in [9.17, 15) is 22.8 Å². The molecule has 158 valence electrons. The van der Waals surface area contributed by atoms with Gasteiger partial charge < -0.3 is 18.6 Å². The first kappa shape index (κ1) is 21.3. The van der Waals surface area contributed by atoms with E-state index >= 15 is 0 Å². The van der Waals surface area contributed by atoms with E-state index in [0.717, 1.165) is 14.2 Å². The molecule has 0 fully saturated rings. The van der Waals surface area contributed by atoms with Gasteiger partial charge in [0.1, 0.15) is 0 Å². The number of nitrogens with zero attached hydrogens (tertiary/aromatic N) is 4. The number of ether oxygens (including phenoxy) is 2. The maximum atomic E-state index is 12.6. The number of benzene rings is 1. The fourth-order valence-electron chi connectivity index (χ4n) is 2.51. The Hall–Kier alpha value is -3.41. The second kappa shape index (κ2) is 8.14. The van der Waals surface area contributed by atoms with E-state index in [4.69, 9.17) is 11.6 Å².